The van der Waals surface area contributed by atoms with Crippen LogP contribution in [-0.2, 0) is 39.9 Å². The van der Waals surface area contributed by atoms with Gasteiger partial charge in [0.05, 0.1) is 25.1 Å². The van der Waals surface area contributed by atoms with Gasteiger partial charge in [0.1, 0.15) is 25.9 Å². The predicted octanol–water partition coefficient (Wildman–Crippen LogP) is 1.44. The van der Waals surface area contributed by atoms with Crippen molar-refractivity contribution in [3.8, 4) is 11.1 Å². The molecule has 2 aliphatic rings. The van der Waals surface area contributed by atoms with Crippen molar-refractivity contribution >= 4 is 35.7 Å². The van der Waals surface area contributed by atoms with Crippen LogP contribution in [0.4, 0.5) is 4.79 Å². The second-order valence-corrected chi connectivity index (χ2v) is 12.0. The number of carboxylic acid groups (broad SMARTS) is 1. The summed E-state index contributed by atoms with van der Waals surface area (Å²) in [6.45, 7) is -1.33. The summed E-state index contributed by atoms with van der Waals surface area (Å²) in [5.74, 6) is -3.91. The van der Waals surface area contributed by atoms with Gasteiger partial charge in [-0.2, -0.15) is 0 Å². The van der Waals surface area contributed by atoms with Crippen LogP contribution >= 0.6 is 0 Å². The van der Waals surface area contributed by atoms with Gasteiger partial charge in [-0.1, -0.05) is 78.9 Å². The van der Waals surface area contributed by atoms with Crippen LogP contribution in [0.15, 0.2) is 78.9 Å². The molecule has 14 nitrogen and oxygen atoms in total. The Balaban J connectivity index is 1.02. The molecule has 1 atom stereocenters. The van der Waals surface area contributed by atoms with E-state index < -0.39 is 60.7 Å². The summed E-state index contributed by atoms with van der Waals surface area (Å²) in [6.07, 6.45) is -0.166. The maximum Gasteiger partial charge on any atom is 0.407 e. The molecule has 6 N–H and O–H groups in total. The largest absolute Gasteiger partial charge is 0.481 e. The summed E-state index contributed by atoms with van der Waals surface area (Å²) in [4.78, 5) is 73.7. The quantitative estimate of drug-likeness (QED) is 0.121. The van der Waals surface area contributed by atoms with E-state index in [0.717, 1.165) is 27.8 Å². The van der Waals surface area contributed by atoms with Crippen molar-refractivity contribution in [3.63, 3.8) is 0 Å². The van der Waals surface area contributed by atoms with Crippen LogP contribution in [0.1, 0.15) is 35.4 Å². The summed E-state index contributed by atoms with van der Waals surface area (Å²) < 4.78 is 10.9. The molecule has 0 heterocycles. The summed E-state index contributed by atoms with van der Waals surface area (Å²) >= 11 is 0. The minimum Gasteiger partial charge on any atom is -0.481 e. The Morgan fingerprint density at radius 2 is 1.28 bits per heavy atom. The fourth-order valence-electron chi connectivity index (χ4n) is 5.84. The first-order valence-corrected chi connectivity index (χ1v) is 16.3. The Morgan fingerprint density at radius 3 is 1.94 bits per heavy atom. The average molecular weight is 686 g/mol. The van der Waals surface area contributed by atoms with E-state index in [2.05, 4.69) is 26.6 Å². The number of carbonyl (C=O) groups is 6. The summed E-state index contributed by atoms with van der Waals surface area (Å²) in [6, 6.07) is 23.7. The van der Waals surface area contributed by atoms with Gasteiger partial charge < -0.3 is 41.2 Å². The molecule has 14 heteroatoms. The van der Waals surface area contributed by atoms with Gasteiger partial charge >= 0.3 is 12.1 Å². The molecule has 1 saturated carbocycles. The highest BCUT2D eigenvalue weighted by molar-refractivity contribution is 5.92. The molecule has 50 heavy (non-hydrogen) atoms. The molecule has 0 aliphatic heterocycles. The number of carboxylic acids is 1. The van der Waals surface area contributed by atoms with Gasteiger partial charge in [-0.3, -0.25) is 24.0 Å². The van der Waals surface area contributed by atoms with Crippen LogP contribution in [0.25, 0.3) is 11.1 Å². The van der Waals surface area contributed by atoms with Crippen molar-refractivity contribution < 1.29 is 43.3 Å². The first-order chi connectivity index (χ1) is 24.2. The second kappa shape index (κ2) is 17.1. The zero-order valence-electron chi connectivity index (χ0n) is 27.2. The number of alkyl carbamates (subject to hydrolysis) is 1. The number of aliphatic carboxylic acids is 1. The number of carbonyl (C=O) groups excluding carboxylic acids is 5. The lowest BCUT2D eigenvalue weighted by molar-refractivity contribution is -0.152. The minimum absolute atomic E-state index is 0.0830. The number of benzene rings is 3. The van der Waals surface area contributed by atoms with Crippen LogP contribution in [0.2, 0.25) is 0 Å². The zero-order chi connectivity index (χ0) is 35.5. The van der Waals surface area contributed by atoms with Crippen LogP contribution in [0, 0.1) is 5.92 Å². The molecule has 3 aromatic carbocycles. The summed E-state index contributed by atoms with van der Waals surface area (Å²) in [7, 11) is 0. The van der Waals surface area contributed by atoms with Crippen molar-refractivity contribution in [2.75, 3.05) is 33.0 Å². The highest BCUT2D eigenvalue weighted by Crippen LogP contribution is 2.44. The first kappa shape index (κ1) is 35.5. The van der Waals surface area contributed by atoms with E-state index in [9.17, 15) is 28.8 Å². The molecule has 0 spiro atoms. The van der Waals surface area contributed by atoms with Crippen molar-refractivity contribution in [1.82, 2.24) is 26.6 Å². The molecule has 262 valence electrons. The summed E-state index contributed by atoms with van der Waals surface area (Å²) in [5.41, 5.74) is 5.05. The van der Waals surface area contributed by atoms with Gasteiger partial charge in [0.25, 0.3) is 0 Å². The molecule has 5 amide bonds. The van der Waals surface area contributed by atoms with Crippen LogP contribution < -0.4 is 26.6 Å². The number of fused-ring (bicyclic) bond motifs is 3. The molecule has 0 saturated heterocycles. The fraction of sp³-hybridized carbons (Fsp3) is 0.333. The lowest BCUT2D eigenvalue weighted by atomic mass is 9.82. The monoisotopic (exact) mass is 685 g/mol. The molecule has 5 rings (SSSR count). The smallest absolute Gasteiger partial charge is 0.407 e. The highest BCUT2D eigenvalue weighted by Gasteiger charge is 2.35. The third-order valence-corrected chi connectivity index (χ3v) is 8.57. The van der Waals surface area contributed by atoms with E-state index in [-0.39, 0.29) is 38.3 Å². The van der Waals surface area contributed by atoms with Crippen LogP contribution in [-0.4, -0.2) is 85.9 Å². The van der Waals surface area contributed by atoms with Gasteiger partial charge in [-0.25, -0.2) is 4.79 Å². The SMILES string of the molecule is O=C(CNC(=O)OCC1c2ccccc2-c2ccccc21)NCC(=O)N[C@@H](Cc1ccccc1)C(=O)NCC(=O)NCOC1CC(C(=O)O)C1. The van der Waals surface area contributed by atoms with Gasteiger partial charge in [-0.05, 0) is 40.7 Å². The Morgan fingerprint density at radius 1 is 0.700 bits per heavy atom. The molecule has 3 aromatic rings. The van der Waals surface area contributed by atoms with E-state index in [1.807, 2.05) is 48.5 Å². The lowest BCUT2D eigenvalue weighted by Crippen LogP contribution is -2.52. The minimum atomic E-state index is -1.06. The highest BCUT2D eigenvalue weighted by atomic mass is 16.5. The number of amides is 5. The van der Waals surface area contributed by atoms with Crippen molar-refractivity contribution in [1.29, 1.82) is 0 Å². The molecule has 0 aromatic heterocycles. The Labute approximate surface area is 288 Å². The third-order valence-electron chi connectivity index (χ3n) is 8.57. The number of hydrogen-bond acceptors (Lipinski definition) is 8. The normalized spacial score (nSPS) is 16.4. The van der Waals surface area contributed by atoms with Crippen molar-refractivity contribution in [2.45, 2.75) is 37.3 Å². The Bertz CT molecular complexity index is 1670. The van der Waals surface area contributed by atoms with Crippen molar-refractivity contribution in [3.05, 3.63) is 95.6 Å². The Hall–Kier alpha value is -5.76. The lowest BCUT2D eigenvalue weighted by Gasteiger charge is -2.31. The van der Waals surface area contributed by atoms with Gasteiger partial charge in [0.15, 0.2) is 0 Å². The predicted molar refractivity (Wildman–Crippen MR) is 179 cm³/mol. The molecule has 0 radical (unpaired) electrons. The average Bonchev–Trinajstić information content (AvgIpc) is 3.42. The molecule has 2 aliphatic carbocycles. The second-order valence-electron chi connectivity index (χ2n) is 12.0. The van der Waals surface area contributed by atoms with Crippen LogP contribution in [0.5, 0.6) is 0 Å². The maximum absolute atomic E-state index is 13.0. The maximum atomic E-state index is 13.0. The van der Waals surface area contributed by atoms with E-state index in [1.165, 1.54) is 0 Å². The molecular weight excluding hydrogens is 646 g/mol. The number of rotatable bonds is 16. The van der Waals surface area contributed by atoms with Crippen molar-refractivity contribution in [2.24, 2.45) is 5.92 Å². The topological polar surface area (TPSA) is 201 Å². The summed E-state index contributed by atoms with van der Waals surface area (Å²) in [5, 5.41) is 21.3. The molecule has 0 unspecified atom stereocenters. The molecular formula is C36H39N5O9. The number of nitrogens with one attached hydrogen (secondary N) is 5. The van der Waals surface area contributed by atoms with Gasteiger partial charge in [-0.15, -0.1) is 0 Å². The number of hydrogen-bond donors (Lipinski definition) is 6. The first-order valence-electron chi connectivity index (χ1n) is 16.3. The van der Waals surface area contributed by atoms with E-state index >= 15 is 0 Å². The third kappa shape index (κ3) is 9.66. The van der Waals surface area contributed by atoms with Gasteiger partial charge in [0.2, 0.25) is 23.6 Å². The van der Waals surface area contributed by atoms with Gasteiger partial charge in [0, 0.05) is 12.3 Å². The zero-order valence-corrected chi connectivity index (χ0v) is 27.2. The van der Waals surface area contributed by atoms with E-state index in [1.54, 1.807) is 30.3 Å². The molecule has 0 bridgehead atoms. The standard InChI is InChI=1S/C36H39N5O9/c42-31(18-39-36(48)49-20-29-27-12-6-4-10-25(27)26-11-5-7-13-28(26)29)37-19-33(44)41-30(14-22-8-2-1-3-9-22)34(45)38-17-32(43)40-21-50-24-15-23(16-24)35(46)47/h1-13,23-24,29-30H,14-21H2,(H,37,42)(H,38,45)(H,39,48)(H,40,43)(H,41,44)(H,46,47)/t23?,24?,30-/m0/s1. The Kier molecular flexibility index (Phi) is 12.1. The number of ether oxygens (including phenoxy) is 2. The van der Waals surface area contributed by atoms with Crippen LogP contribution in [0.3, 0.4) is 0 Å². The molecule has 1 fully saturated rings. The van der Waals surface area contributed by atoms with E-state index in [4.69, 9.17) is 14.6 Å². The fourth-order valence-corrected chi connectivity index (χ4v) is 5.84. The van der Waals surface area contributed by atoms with E-state index in [0.29, 0.717) is 12.8 Å².